The molecule has 0 aliphatic carbocycles. The summed E-state index contributed by atoms with van der Waals surface area (Å²) in [6.07, 6.45) is -4.45. The third-order valence-electron chi connectivity index (χ3n) is 0.739. The third kappa shape index (κ3) is 3.05. The molecule has 0 aliphatic heterocycles. The molecule has 2 unspecified atom stereocenters. The summed E-state index contributed by atoms with van der Waals surface area (Å²) in [6, 6.07) is 0. The molecule has 0 aromatic rings. The van der Waals surface area contributed by atoms with Crippen LogP contribution in [0.15, 0.2) is 0 Å². The van der Waals surface area contributed by atoms with E-state index in [1.165, 1.54) is 0 Å². The van der Waals surface area contributed by atoms with E-state index in [-0.39, 0.29) is 0 Å². The fourth-order valence-corrected chi connectivity index (χ4v) is 0.618. The summed E-state index contributed by atoms with van der Waals surface area (Å²) < 4.78 is 44.2. The SMILES string of the molecule is CC(S(=O)Cl)C(F)(F)F. The zero-order valence-corrected chi connectivity index (χ0v) is 5.98. The third-order valence-corrected chi connectivity index (χ3v) is 2.36. The van der Waals surface area contributed by atoms with Gasteiger partial charge in [-0.3, -0.25) is 0 Å². The Bertz CT molecular complexity index is 123. The first-order chi connectivity index (χ1) is 3.85. The molecule has 0 heterocycles. The second-order valence-corrected chi connectivity index (χ2v) is 3.55. The Kier molecular flexibility index (Phi) is 2.95. The molecule has 0 aliphatic rings. The molecule has 0 spiro atoms. The average molecular weight is 181 g/mol. The van der Waals surface area contributed by atoms with Crippen LogP contribution in [0.5, 0.6) is 0 Å². The molecule has 0 aromatic carbocycles. The molecule has 0 radical (unpaired) electrons. The Morgan fingerprint density at radius 2 is 1.89 bits per heavy atom. The van der Waals surface area contributed by atoms with E-state index in [4.69, 9.17) is 0 Å². The first-order valence-electron chi connectivity index (χ1n) is 1.99. The van der Waals surface area contributed by atoms with Gasteiger partial charge in [-0.15, -0.1) is 0 Å². The highest BCUT2D eigenvalue weighted by Gasteiger charge is 2.39. The normalized spacial score (nSPS) is 19.2. The molecular weight excluding hydrogens is 177 g/mol. The average Bonchev–Trinajstić information content (AvgIpc) is 1.62. The summed E-state index contributed by atoms with van der Waals surface area (Å²) in [4.78, 5) is 0. The molecule has 0 saturated heterocycles. The van der Waals surface area contributed by atoms with Gasteiger partial charge in [0.25, 0.3) is 0 Å². The summed E-state index contributed by atoms with van der Waals surface area (Å²) in [7, 11) is 2.33. The Labute approximate surface area is 57.1 Å². The molecular formula is C3H4ClF3OS. The quantitative estimate of drug-likeness (QED) is 0.563. The second kappa shape index (κ2) is 2.88. The standard InChI is InChI=1S/C3H4ClF3OS/c1-2(9(4)8)3(5,6)7/h2H,1H3. The van der Waals surface area contributed by atoms with Gasteiger partial charge in [-0.25, -0.2) is 4.21 Å². The van der Waals surface area contributed by atoms with Gasteiger partial charge < -0.3 is 0 Å². The highest BCUT2D eigenvalue weighted by molar-refractivity contribution is 8.08. The monoisotopic (exact) mass is 180 g/mol. The smallest absolute Gasteiger partial charge is 0.242 e. The van der Waals surface area contributed by atoms with E-state index in [1.807, 2.05) is 0 Å². The van der Waals surface area contributed by atoms with Crippen molar-refractivity contribution in [2.45, 2.75) is 18.3 Å². The van der Waals surface area contributed by atoms with Crippen molar-refractivity contribution in [2.75, 3.05) is 0 Å². The van der Waals surface area contributed by atoms with Gasteiger partial charge in [0, 0.05) is 0 Å². The highest BCUT2D eigenvalue weighted by atomic mass is 35.7. The van der Waals surface area contributed by atoms with E-state index in [0.717, 1.165) is 6.92 Å². The van der Waals surface area contributed by atoms with Gasteiger partial charge in [-0.1, -0.05) is 0 Å². The molecule has 6 heteroatoms. The van der Waals surface area contributed by atoms with Crippen LogP contribution in [0.2, 0.25) is 0 Å². The van der Waals surface area contributed by atoms with Gasteiger partial charge in [0.1, 0.15) is 15.3 Å². The van der Waals surface area contributed by atoms with Gasteiger partial charge >= 0.3 is 6.18 Å². The minimum absolute atomic E-state index is 0.767. The van der Waals surface area contributed by atoms with Crippen molar-refractivity contribution in [3.05, 3.63) is 0 Å². The lowest BCUT2D eigenvalue weighted by molar-refractivity contribution is -0.125. The number of halogens is 4. The van der Waals surface area contributed by atoms with Gasteiger partial charge in [0.2, 0.25) is 0 Å². The van der Waals surface area contributed by atoms with Crippen LogP contribution in [0.3, 0.4) is 0 Å². The molecule has 0 rings (SSSR count). The predicted molar refractivity (Wildman–Crippen MR) is 29.5 cm³/mol. The van der Waals surface area contributed by atoms with Gasteiger partial charge in [0.15, 0.2) is 0 Å². The molecule has 0 N–H and O–H groups in total. The minimum Gasteiger partial charge on any atom is -0.242 e. The fourth-order valence-electron chi connectivity index (χ4n) is 0.105. The van der Waals surface area contributed by atoms with E-state index >= 15 is 0 Å². The predicted octanol–water partition coefficient (Wildman–Crippen LogP) is 1.84. The largest absolute Gasteiger partial charge is 0.403 e. The number of rotatable bonds is 1. The lowest BCUT2D eigenvalue weighted by Gasteiger charge is -2.09. The van der Waals surface area contributed by atoms with E-state index < -0.39 is 21.4 Å². The summed E-state index contributed by atoms with van der Waals surface area (Å²) >= 11 is 0. The molecule has 0 fully saturated rings. The van der Waals surface area contributed by atoms with Crippen LogP contribution in [-0.4, -0.2) is 15.6 Å². The van der Waals surface area contributed by atoms with Crippen LogP contribution in [0, 0.1) is 0 Å². The van der Waals surface area contributed by atoms with Crippen molar-refractivity contribution >= 4 is 20.7 Å². The Morgan fingerprint density at radius 3 is 1.89 bits per heavy atom. The number of hydrogen-bond acceptors (Lipinski definition) is 1. The van der Waals surface area contributed by atoms with Crippen molar-refractivity contribution in [1.29, 1.82) is 0 Å². The molecule has 0 saturated carbocycles. The lowest BCUT2D eigenvalue weighted by atomic mass is 10.5. The topological polar surface area (TPSA) is 17.1 Å². The van der Waals surface area contributed by atoms with Crippen LogP contribution in [0.4, 0.5) is 13.2 Å². The zero-order valence-electron chi connectivity index (χ0n) is 4.41. The van der Waals surface area contributed by atoms with Crippen molar-refractivity contribution < 1.29 is 17.4 Å². The van der Waals surface area contributed by atoms with Gasteiger partial charge in [-0.05, 0) is 17.6 Å². The first kappa shape index (κ1) is 9.23. The molecule has 1 nitrogen and oxygen atoms in total. The van der Waals surface area contributed by atoms with E-state index in [0.29, 0.717) is 0 Å². The molecule has 56 valence electrons. The van der Waals surface area contributed by atoms with Crippen molar-refractivity contribution in [3.63, 3.8) is 0 Å². The minimum atomic E-state index is -4.45. The molecule has 0 aromatic heterocycles. The van der Waals surface area contributed by atoms with Crippen molar-refractivity contribution in [2.24, 2.45) is 0 Å². The van der Waals surface area contributed by atoms with Crippen LogP contribution in [0.1, 0.15) is 6.92 Å². The number of alkyl halides is 3. The summed E-state index contributed by atoms with van der Waals surface area (Å²) in [6.45, 7) is 0.767. The maximum atomic E-state index is 11.4. The Balaban J connectivity index is 4.04. The summed E-state index contributed by atoms with van der Waals surface area (Å²) in [5.41, 5.74) is 0. The van der Waals surface area contributed by atoms with Gasteiger partial charge in [0.05, 0.1) is 0 Å². The Morgan fingerprint density at radius 1 is 1.56 bits per heavy atom. The molecule has 9 heavy (non-hydrogen) atoms. The maximum Gasteiger partial charge on any atom is 0.403 e. The van der Waals surface area contributed by atoms with E-state index in [1.54, 1.807) is 0 Å². The van der Waals surface area contributed by atoms with Crippen molar-refractivity contribution in [3.8, 4) is 0 Å². The van der Waals surface area contributed by atoms with Crippen LogP contribution >= 0.6 is 10.7 Å². The van der Waals surface area contributed by atoms with E-state index in [9.17, 15) is 17.4 Å². The van der Waals surface area contributed by atoms with Crippen LogP contribution in [0.25, 0.3) is 0 Å². The lowest BCUT2D eigenvalue weighted by Crippen LogP contribution is -2.27. The Hall–Kier alpha value is 0.230. The second-order valence-electron chi connectivity index (χ2n) is 1.43. The van der Waals surface area contributed by atoms with Gasteiger partial charge in [-0.2, -0.15) is 13.2 Å². The molecule has 0 bridgehead atoms. The molecule has 2 atom stereocenters. The van der Waals surface area contributed by atoms with Crippen LogP contribution < -0.4 is 0 Å². The fraction of sp³-hybridized carbons (Fsp3) is 1.00. The zero-order chi connectivity index (χ0) is 7.65. The highest BCUT2D eigenvalue weighted by Crippen LogP contribution is 2.24. The summed E-state index contributed by atoms with van der Waals surface area (Å²) in [5.74, 6) is 0. The van der Waals surface area contributed by atoms with Crippen molar-refractivity contribution in [1.82, 2.24) is 0 Å². The van der Waals surface area contributed by atoms with E-state index in [2.05, 4.69) is 10.7 Å². The first-order valence-corrected chi connectivity index (χ1v) is 4.03. The maximum absolute atomic E-state index is 11.4. The summed E-state index contributed by atoms with van der Waals surface area (Å²) in [5, 5.41) is -1.95. The van der Waals surface area contributed by atoms with Crippen LogP contribution in [-0.2, 0) is 10.0 Å². The molecule has 0 amide bonds. The number of hydrogen-bond donors (Lipinski definition) is 0.